The Hall–Kier alpha value is -1.13. The second-order valence-electron chi connectivity index (χ2n) is 4.41. The van der Waals surface area contributed by atoms with Gasteiger partial charge in [0.25, 0.3) is 0 Å². The summed E-state index contributed by atoms with van der Waals surface area (Å²) in [4.78, 5) is 4.57. The van der Waals surface area contributed by atoms with Crippen LogP contribution in [0.2, 0.25) is 0 Å². The summed E-state index contributed by atoms with van der Waals surface area (Å²) in [6.45, 7) is 8.92. The van der Waals surface area contributed by atoms with Crippen LogP contribution in [0.5, 0.6) is 0 Å². The number of aryl methyl sites for hydroxylation is 1. The van der Waals surface area contributed by atoms with Gasteiger partial charge in [-0.25, -0.2) is 4.98 Å². The van der Waals surface area contributed by atoms with Gasteiger partial charge in [0.2, 0.25) is 0 Å². The molecule has 1 atom stereocenters. The predicted molar refractivity (Wildman–Crippen MR) is 76.0 cm³/mol. The fraction of sp³-hybridized carbons (Fsp3) is 0.643. The fourth-order valence-corrected chi connectivity index (χ4v) is 1.63. The van der Waals surface area contributed by atoms with Crippen LogP contribution in [-0.2, 0) is 17.7 Å². The highest BCUT2D eigenvalue weighted by atomic mass is 16.5. The molecule has 0 spiro atoms. The van der Waals surface area contributed by atoms with Crippen molar-refractivity contribution < 1.29 is 4.74 Å². The lowest BCUT2D eigenvalue weighted by atomic mass is 10.2. The van der Waals surface area contributed by atoms with E-state index < -0.39 is 0 Å². The van der Waals surface area contributed by atoms with Crippen molar-refractivity contribution in [3.8, 4) is 0 Å². The molecule has 18 heavy (non-hydrogen) atoms. The summed E-state index contributed by atoms with van der Waals surface area (Å²) in [5.41, 5.74) is 2.40. The molecule has 1 aromatic heterocycles. The Kier molecular flexibility index (Phi) is 6.68. The summed E-state index contributed by atoms with van der Waals surface area (Å²) in [5, 5.41) is 6.66. The molecule has 0 aliphatic carbocycles. The molecule has 1 unspecified atom stereocenters. The lowest BCUT2D eigenvalue weighted by Crippen LogP contribution is -2.19. The quantitative estimate of drug-likeness (QED) is 0.743. The topological polar surface area (TPSA) is 46.2 Å². The second-order valence-corrected chi connectivity index (χ2v) is 4.41. The maximum atomic E-state index is 5.22. The number of rotatable bonds is 8. The first-order valence-corrected chi connectivity index (χ1v) is 6.66. The number of nitrogens with one attached hydrogen (secondary N) is 2. The van der Waals surface area contributed by atoms with Crippen LogP contribution in [0.15, 0.2) is 12.1 Å². The van der Waals surface area contributed by atoms with Crippen LogP contribution in [0, 0.1) is 0 Å². The Morgan fingerprint density at radius 1 is 1.33 bits per heavy atom. The third kappa shape index (κ3) is 5.02. The van der Waals surface area contributed by atoms with E-state index in [1.165, 1.54) is 5.56 Å². The van der Waals surface area contributed by atoms with Gasteiger partial charge in [0.1, 0.15) is 5.82 Å². The third-order valence-electron chi connectivity index (χ3n) is 2.85. The first-order valence-electron chi connectivity index (χ1n) is 6.66. The second kappa shape index (κ2) is 8.06. The van der Waals surface area contributed by atoms with Crippen LogP contribution in [0.4, 0.5) is 5.82 Å². The van der Waals surface area contributed by atoms with E-state index in [4.69, 9.17) is 4.74 Å². The first kappa shape index (κ1) is 14.9. The Balaban J connectivity index is 2.70. The molecule has 0 saturated heterocycles. The molecule has 4 nitrogen and oxygen atoms in total. The van der Waals surface area contributed by atoms with E-state index in [2.05, 4.69) is 41.6 Å². The zero-order chi connectivity index (χ0) is 13.4. The zero-order valence-corrected chi connectivity index (χ0v) is 11.9. The summed E-state index contributed by atoms with van der Waals surface area (Å²) in [6.07, 6.45) is 1.14. The van der Waals surface area contributed by atoms with Gasteiger partial charge in [0.15, 0.2) is 0 Å². The van der Waals surface area contributed by atoms with Crippen molar-refractivity contribution in [1.82, 2.24) is 10.3 Å². The number of aromatic nitrogens is 1. The number of anilines is 1. The van der Waals surface area contributed by atoms with Crippen molar-refractivity contribution in [2.75, 3.05) is 25.5 Å². The monoisotopic (exact) mass is 251 g/mol. The summed E-state index contributed by atoms with van der Waals surface area (Å²) in [6, 6.07) is 4.26. The van der Waals surface area contributed by atoms with Crippen molar-refractivity contribution in [3.63, 3.8) is 0 Å². The van der Waals surface area contributed by atoms with Crippen molar-refractivity contribution in [2.45, 2.75) is 39.8 Å². The molecule has 102 valence electrons. The lowest BCUT2D eigenvalue weighted by molar-refractivity contribution is 0.128. The van der Waals surface area contributed by atoms with Gasteiger partial charge in [-0.2, -0.15) is 0 Å². The molecule has 0 radical (unpaired) electrons. The van der Waals surface area contributed by atoms with Gasteiger partial charge < -0.3 is 15.4 Å². The van der Waals surface area contributed by atoms with Crippen LogP contribution in [0.1, 0.15) is 32.0 Å². The highest BCUT2D eigenvalue weighted by molar-refractivity contribution is 5.40. The molecule has 0 aliphatic heterocycles. The number of methoxy groups -OCH3 is 1. The van der Waals surface area contributed by atoms with E-state index in [1.807, 2.05) is 6.92 Å². The van der Waals surface area contributed by atoms with Crippen LogP contribution in [0.25, 0.3) is 0 Å². The number of hydrogen-bond donors (Lipinski definition) is 2. The van der Waals surface area contributed by atoms with Gasteiger partial charge in [0.05, 0.1) is 6.10 Å². The van der Waals surface area contributed by atoms with Crippen molar-refractivity contribution in [2.24, 2.45) is 0 Å². The highest BCUT2D eigenvalue weighted by Crippen LogP contribution is 2.11. The Morgan fingerprint density at radius 3 is 2.72 bits per heavy atom. The fourth-order valence-electron chi connectivity index (χ4n) is 1.63. The maximum absolute atomic E-state index is 5.22. The molecule has 0 saturated carbocycles. The van der Waals surface area contributed by atoms with Gasteiger partial charge in [0, 0.05) is 25.9 Å². The summed E-state index contributed by atoms with van der Waals surface area (Å²) in [7, 11) is 1.72. The van der Waals surface area contributed by atoms with Gasteiger partial charge >= 0.3 is 0 Å². The van der Waals surface area contributed by atoms with E-state index in [-0.39, 0.29) is 6.10 Å². The van der Waals surface area contributed by atoms with Crippen LogP contribution >= 0.6 is 0 Å². The third-order valence-corrected chi connectivity index (χ3v) is 2.85. The summed E-state index contributed by atoms with van der Waals surface area (Å²) in [5.74, 6) is 0.936. The first-order chi connectivity index (χ1) is 8.69. The summed E-state index contributed by atoms with van der Waals surface area (Å²) < 4.78 is 5.22. The van der Waals surface area contributed by atoms with E-state index in [1.54, 1.807) is 7.11 Å². The zero-order valence-electron chi connectivity index (χ0n) is 11.9. The Labute approximate surface area is 110 Å². The smallest absolute Gasteiger partial charge is 0.126 e. The maximum Gasteiger partial charge on any atom is 0.126 e. The molecule has 1 rings (SSSR count). The number of hydrogen-bond acceptors (Lipinski definition) is 4. The molecule has 4 heteroatoms. The molecule has 2 N–H and O–H groups in total. The largest absolute Gasteiger partial charge is 0.380 e. The minimum absolute atomic E-state index is 0.189. The van der Waals surface area contributed by atoms with Gasteiger partial charge in [-0.1, -0.05) is 13.8 Å². The van der Waals surface area contributed by atoms with Crippen molar-refractivity contribution in [3.05, 3.63) is 23.4 Å². The predicted octanol–water partition coefficient (Wildman–Crippen LogP) is 2.20. The van der Waals surface area contributed by atoms with E-state index in [9.17, 15) is 0 Å². The Bertz CT molecular complexity index is 355. The molecule has 0 aromatic carbocycles. The van der Waals surface area contributed by atoms with Crippen molar-refractivity contribution >= 4 is 5.82 Å². The van der Waals surface area contributed by atoms with E-state index >= 15 is 0 Å². The molecule has 0 aliphatic rings. The lowest BCUT2D eigenvalue weighted by Gasteiger charge is -2.13. The number of pyridine rings is 1. The summed E-state index contributed by atoms with van der Waals surface area (Å²) >= 11 is 0. The minimum Gasteiger partial charge on any atom is -0.380 e. The number of nitrogens with zero attached hydrogens (tertiary/aromatic N) is 1. The SMILES string of the molecule is CCNCc1cc(CC)nc(NCC(C)OC)c1. The van der Waals surface area contributed by atoms with Crippen LogP contribution < -0.4 is 10.6 Å². The average Bonchev–Trinajstić information content (AvgIpc) is 2.42. The molecular weight excluding hydrogens is 226 g/mol. The van der Waals surface area contributed by atoms with Crippen molar-refractivity contribution in [1.29, 1.82) is 0 Å². The van der Waals surface area contributed by atoms with E-state index in [0.717, 1.165) is 37.6 Å². The highest BCUT2D eigenvalue weighted by Gasteiger charge is 2.04. The molecular formula is C14H25N3O. The molecule has 1 heterocycles. The standard InChI is InChI=1S/C14H25N3O/c1-5-13-7-12(10-15-6-2)8-14(17-13)16-9-11(3)18-4/h7-8,11,15H,5-6,9-10H2,1-4H3,(H,16,17). The number of ether oxygens (including phenoxy) is 1. The minimum atomic E-state index is 0.189. The van der Waals surface area contributed by atoms with E-state index in [0.29, 0.717) is 0 Å². The Morgan fingerprint density at radius 2 is 2.11 bits per heavy atom. The van der Waals surface area contributed by atoms with Gasteiger partial charge in [-0.3, -0.25) is 0 Å². The van der Waals surface area contributed by atoms with Crippen LogP contribution in [0.3, 0.4) is 0 Å². The molecule has 0 fully saturated rings. The van der Waals surface area contributed by atoms with Gasteiger partial charge in [-0.15, -0.1) is 0 Å². The molecule has 0 amide bonds. The van der Waals surface area contributed by atoms with Gasteiger partial charge in [-0.05, 0) is 37.6 Å². The molecule has 1 aromatic rings. The van der Waals surface area contributed by atoms with Crippen LogP contribution in [-0.4, -0.2) is 31.3 Å². The average molecular weight is 251 g/mol. The normalized spacial score (nSPS) is 12.4. The molecule has 0 bridgehead atoms.